The lowest BCUT2D eigenvalue weighted by Crippen LogP contribution is -2.34. The number of likely N-dealkylation sites (N-methyl/N-ethyl adjacent to an activating group) is 1. The zero-order valence-electron chi connectivity index (χ0n) is 9.11. The molecule has 0 fully saturated rings. The topological polar surface area (TPSA) is 21.3 Å². The zero-order chi connectivity index (χ0) is 9.61. The molecule has 0 aliphatic heterocycles. The Hall–Kier alpha value is -0.0800. The molecule has 0 bridgehead atoms. The monoisotopic (exact) mass is 173 g/mol. The molecule has 74 valence electrons. The minimum Gasteiger partial charge on any atom is -0.371 e. The van der Waals surface area contributed by atoms with Gasteiger partial charge in [-0.25, -0.2) is 0 Å². The molecule has 0 heterocycles. The standard InChI is InChI=1S/C10H23NO/c1-6-9(8-11-7-2)12-10(3,4)5/h9,11H,6-8H2,1-5H3. The summed E-state index contributed by atoms with van der Waals surface area (Å²) in [5, 5.41) is 3.30. The van der Waals surface area contributed by atoms with Crippen molar-refractivity contribution in [1.82, 2.24) is 5.32 Å². The minimum absolute atomic E-state index is 0.0178. The molecule has 0 radical (unpaired) electrons. The predicted molar refractivity (Wildman–Crippen MR) is 53.5 cm³/mol. The van der Waals surface area contributed by atoms with Crippen LogP contribution in [-0.4, -0.2) is 24.8 Å². The maximum absolute atomic E-state index is 5.83. The largest absolute Gasteiger partial charge is 0.371 e. The van der Waals surface area contributed by atoms with Crippen molar-refractivity contribution < 1.29 is 4.74 Å². The van der Waals surface area contributed by atoms with E-state index in [2.05, 4.69) is 39.9 Å². The lowest BCUT2D eigenvalue weighted by molar-refractivity contribution is -0.0594. The van der Waals surface area contributed by atoms with Gasteiger partial charge in [0.05, 0.1) is 11.7 Å². The summed E-state index contributed by atoms with van der Waals surface area (Å²) in [5.74, 6) is 0. The molecule has 0 amide bonds. The number of nitrogens with one attached hydrogen (secondary N) is 1. The van der Waals surface area contributed by atoms with E-state index in [0.29, 0.717) is 6.10 Å². The average molecular weight is 173 g/mol. The van der Waals surface area contributed by atoms with Crippen LogP contribution in [0.1, 0.15) is 41.0 Å². The van der Waals surface area contributed by atoms with E-state index in [1.807, 2.05) is 0 Å². The Morgan fingerprint density at radius 1 is 1.25 bits per heavy atom. The van der Waals surface area contributed by atoms with Crippen LogP contribution in [0.25, 0.3) is 0 Å². The van der Waals surface area contributed by atoms with E-state index in [1.54, 1.807) is 0 Å². The molecule has 0 aliphatic rings. The molecule has 0 rings (SSSR count). The molecule has 2 heteroatoms. The van der Waals surface area contributed by atoms with Gasteiger partial charge in [-0.05, 0) is 33.7 Å². The van der Waals surface area contributed by atoms with Gasteiger partial charge in [0, 0.05) is 6.54 Å². The van der Waals surface area contributed by atoms with Gasteiger partial charge in [0.15, 0.2) is 0 Å². The van der Waals surface area contributed by atoms with Crippen molar-refractivity contribution in [3.05, 3.63) is 0 Å². The molecule has 0 aromatic rings. The molecule has 0 spiro atoms. The molecular weight excluding hydrogens is 150 g/mol. The smallest absolute Gasteiger partial charge is 0.0703 e. The fourth-order valence-corrected chi connectivity index (χ4v) is 1.07. The molecule has 0 saturated carbocycles. The Bertz CT molecular complexity index is 107. The third-order valence-corrected chi connectivity index (χ3v) is 1.60. The van der Waals surface area contributed by atoms with E-state index in [-0.39, 0.29) is 5.60 Å². The van der Waals surface area contributed by atoms with Crippen LogP contribution in [0, 0.1) is 0 Å². The third-order valence-electron chi connectivity index (χ3n) is 1.60. The van der Waals surface area contributed by atoms with Gasteiger partial charge in [-0.2, -0.15) is 0 Å². The van der Waals surface area contributed by atoms with Crippen LogP contribution in [0.15, 0.2) is 0 Å². The Balaban J connectivity index is 3.67. The van der Waals surface area contributed by atoms with Crippen LogP contribution in [0.2, 0.25) is 0 Å². The highest BCUT2D eigenvalue weighted by molar-refractivity contribution is 4.66. The van der Waals surface area contributed by atoms with Gasteiger partial charge < -0.3 is 10.1 Å². The third kappa shape index (κ3) is 6.62. The summed E-state index contributed by atoms with van der Waals surface area (Å²) >= 11 is 0. The van der Waals surface area contributed by atoms with Crippen molar-refractivity contribution in [1.29, 1.82) is 0 Å². The first kappa shape index (κ1) is 11.9. The summed E-state index contributed by atoms with van der Waals surface area (Å²) in [7, 11) is 0. The Labute approximate surface area is 76.7 Å². The summed E-state index contributed by atoms with van der Waals surface area (Å²) in [6, 6.07) is 0. The first-order valence-electron chi connectivity index (χ1n) is 4.88. The summed E-state index contributed by atoms with van der Waals surface area (Å²) in [4.78, 5) is 0. The lowest BCUT2D eigenvalue weighted by atomic mass is 10.1. The zero-order valence-corrected chi connectivity index (χ0v) is 9.11. The fourth-order valence-electron chi connectivity index (χ4n) is 1.07. The van der Waals surface area contributed by atoms with Crippen molar-refractivity contribution in [2.75, 3.05) is 13.1 Å². The molecule has 2 nitrogen and oxygen atoms in total. The second kappa shape index (κ2) is 5.55. The van der Waals surface area contributed by atoms with Crippen molar-refractivity contribution in [2.45, 2.75) is 52.7 Å². The summed E-state index contributed by atoms with van der Waals surface area (Å²) in [6.45, 7) is 12.6. The highest BCUT2D eigenvalue weighted by atomic mass is 16.5. The van der Waals surface area contributed by atoms with Crippen molar-refractivity contribution >= 4 is 0 Å². The van der Waals surface area contributed by atoms with Crippen LogP contribution in [-0.2, 0) is 4.74 Å². The van der Waals surface area contributed by atoms with Gasteiger partial charge in [0.1, 0.15) is 0 Å². The van der Waals surface area contributed by atoms with Crippen LogP contribution in [0.4, 0.5) is 0 Å². The van der Waals surface area contributed by atoms with Gasteiger partial charge >= 0.3 is 0 Å². The molecule has 0 aromatic heterocycles. The van der Waals surface area contributed by atoms with E-state index in [9.17, 15) is 0 Å². The van der Waals surface area contributed by atoms with Crippen LogP contribution < -0.4 is 5.32 Å². The molecule has 12 heavy (non-hydrogen) atoms. The van der Waals surface area contributed by atoms with Crippen LogP contribution in [0.5, 0.6) is 0 Å². The average Bonchev–Trinajstić information content (AvgIpc) is 1.95. The molecule has 1 atom stereocenters. The van der Waals surface area contributed by atoms with Crippen LogP contribution >= 0.6 is 0 Å². The predicted octanol–water partition coefficient (Wildman–Crippen LogP) is 2.19. The maximum atomic E-state index is 5.83. The molecule has 1 unspecified atom stereocenters. The van der Waals surface area contributed by atoms with E-state index in [1.165, 1.54) is 0 Å². The van der Waals surface area contributed by atoms with Gasteiger partial charge in [-0.1, -0.05) is 13.8 Å². The van der Waals surface area contributed by atoms with Gasteiger partial charge in [0.2, 0.25) is 0 Å². The minimum atomic E-state index is -0.0178. The second-order valence-corrected chi connectivity index (χ2v) is 4.07. The first-order chi connectivity index (χ1) is 5.49. The molecule has 1 N–H and O–H groups in total. The van der Waals surface area contributed by atoms with Gasteiger partial charge in [0.25, 0.3) is 0 Å². The Kier molecular flexibility index (Phi) is 5.51. The van der Waals surface area contributed by atoms with Crippen molar-refractivity contribution in [3.8, 4) is 0 Å². The van der Waals surface area contributed by atoms with Crippen molar-refractivity contribution in [3.63, 3.8) is 0 Å². The quantitative estimate of drug-likeness (QED) is 0.688. The van der Waals surface area contributed by atoms with Crippen molar-refractivity contribution in [2.24, 2.45) is 0 Å². The normalized spacial score (nSPS) is 14.8. The molecule has 0 saturated heterocycles. The Morgan fingerprint density at radius 2 is 1.83 bits per heavy atom. The highest BCUT2D eigenvalue weighted by Crippen LogP contribution is 2.12. The second-order valence-electron chi connectivity index (χ2n) is 4.07. The number of rotatable bonds is 5. The molecular formula is C10H23NO. The first-order valence-corrected chi connectivity index (χ1v) is 4.88. The number of ether oxygens (including phenoxy) is 1. The SMILES string of the molecule is CCNCC(CC)OC(C)(C)C. The lowest BCUT2D eigenvalue weighted by Gasteiger charge is -2.27. The summed E-state index contributed by atoms with van der Waals surface area (Å²) in [6.07, 6.45) is 1.43. The summed E-state index contributed by atoms with van der Waals surface area (Å²) < 4.78 is 5.83. The Morgan fingerprint density at radius 3 is 2.17 bits per heavy atom. The number of hydrogen-bond acceptors (Lipinski definition) is 2. The van der Waals surface area contributed by atoms with E-state index < -0.39 is 0 Å². The van der Waals surface area contributed by atoms with Gasteiger partial charge in [-0.3, -0.25) is 0 Å². The fraction of sp³-hybridized carbons (Fsp3) is 1.00. The molecule has 0 aliphatic carbocycles. The van der Waals surface area contributed by atoms with E-state index in [4.69, 9.17) is 4.74 Å². The maximum Gasteiger partial charge on any atom is 0.0703 e. The summed E-state index contributed by atoms with van der Waals surface area (Å²) in [5.41, 5.74) is -0.0178. The van der Waals surface area contributed by atoms with E-state index in [0.717, 1.165) is 19.5 Å². The molecule has 0 aromatic carbocycles. The van der Waals surface area contributed by atoms with E-state index >= 15 is 0 Å². The number of hydrogen-bond donors (Lipinski definition) is 1. The van der Waals surface area contributed by atoms with Gasteiger partial charge in [-0.15, -0.1) is 0 Å². The van der Waals surface area contributed by atoms with Crippen LogP contribution in [0.3, 0.4) is 0 Å². The highest BCUT2D eigenvalue weighted by Gasteiger charge is 2.16.